The van der Waals surface area contributed by atoms with E-state index >= 15 is 0 Å². The molecule has 1 aliphatic carbocycles. The van der Waals surface area contributed by atoms with Crippen molar-refractivity contribution in [2.75, 3.05) is 0 Å². The number of hydrogen-bond acceptors (Lipinski definition) is 2. The first-order valence-electron chi connectivity index (χ1n) is 3.31. The van der Waals surface area contributed by atoms with Crippen molar-refractivity contribution in [1.29, 1.82) is 0 Å². The Balaban J connectivity index is 2.49. The number of fused-ring (bicyclic) bond motifs is 1. The van der Waals surface area contributed by atoms with Crippen molar-refractivity contribution in [3.05, 3.63) is 20.8 Å². The standard InChI is InChI=1S/C7H8ClNS/c8-7-3-4-5(9)1-2-6(4)10-7/h3,5H,1-2,9H2/t5-/m0/s1. The molecule has 0 saturated carbocycles. The third kappa shape index (κ3) is 0.875. The predicted molar refractivity (Wildman–Crippen MR) is 44.6 cm³/mol. The van der Waals surface area contributed by atoms with Gasteiger partial charge in [-0.05, 0) is 24.5 Å². The van der Waals surface area contributed by atoms with Crippen molar-refractivity contribution >= 4 is 22.9 Å². The molecule has 0 unspecified atom stereocenters. The highest BCUT2D eigenvalue weighted by Crippen LogP contribution is 2.37. The van der Waals surface area contributed by atoms with Gasteiger partial charge in [0.15, 0.2) is 0 Å². The van der Waals surface area contributed by atoms with E-state index in [1.807, 2.05) is 6.07 Å². The van der Waals surface area contributed by atoms with Crippen molar-refractivity contribution in [1.82, 2.24) is 0 Å². The van der Waals surface area contributed by atoms with E-state index in [1.165, 1.54) is 10.4 Å². The molecular formula is C7H8ClNS. The molecule has 0 aromatic carbocycles. The molecule has 2 rings (SSSR count). The molecule has 1 heterocycles. The van der Waals surface area contributed by atoms with Crippen LogP contribution < -0.4 is 5.73 Å². The number of thiophene rings is 1. The molecule has 0 saturated heterocycles. The summed E-state index contributed by atoms with van der Waals surface area (Å²) in [6.07, 6.45) is 2.21. The van der Waals surface area contributed by atoms with Gasteiger partial charge in [0.1, 0.15) is 0 Å². The summed E-state index contributed by atoms with van der Waals surface area (Å²) in [5, 5.41) is 0. The van der Waals surface area contributed by atoms with Crippen LogP contribution in [0.4, 0.5) is 0 Å². The Hall–Kier alpha value is -0.0500. The second-order valence-corrected chi connectivity index (χ2v) is 4.34. The van der Waals surface area contributed by atoms with E-state index in [2.05, 4.69) is 0 Å². The normalized spacial score (nSPS) is 23.2. The summed E-state index contributed by atoms with van der Waals surface area (Å²) in [5.41, 5.74) is 7.08. The molecule has 1 nitrogen and oxygen atoms in total. The average Bonchev–Trinajstić information content (AvgIpc) is 2.35. The molecule has 0 bridgehead atoms. The molecule has 0 radical (unpaired) electrons. The highest BCUT2D eigenvalue weighted by molar-refractivity contribution is 7.16. The van der Waals surface area contributed by atoms with Gasteiger partial charge in [-0.25, -0.2) is 0 Å². The summed E-state index contributed by atoms with van der Waals surface area (Å²) in [7, 11) is 0. The van der Waals surface area contributed by atoms with Crippen LogP contribution in [-0.2, 0) is 6.42 Å². The van der Waals surface area contributed by atoms with Gasteiger partial charge in [-0.2, -0.15) is 0 Å². The second-order valence-electron chi connectivity index (χ2n) is 2.57. The fourth-order valence-electron chi connectivity index (χ4n) is 1.36. The molecular weight excluding hydrogens is 166 g/mol. The zero-order valence-corrected chi connectivity index (χ0v) is 7.00. The van der Waals surface area contributed by atoms with E-state index in [9.17, 15) is 0 Å². The summed E-state index contributed by atoms with van der Waals surface area (Å²) in [6.45, 7) is 0. The second kappa shape index (κ2) is 2.22. The molecule has 1 aromatic heterocycles. The van der Waals surface area contributed by atoms with Gasteiger partial charge in [-0.1, -0.05) is 11.6 Å². The molecule has 1 aliphatic rings. The minimum atomic E-state index is 0.249. The molecule has 10 heavy (non-hydrogen) atoms. The number of rotatable bonds is 0. The van der Waals surface area contributed by atoms with Crippen LogP contribution in [0.25, 0.3) is 0 Å². The fraction of sp³-hybridized carbons (Fsp3) is 0.429. The first-order chi connectivity index (χ1) is 4.77. The number of hydrogen-bond donors (Lipinski definition) is 1. The largest absolute Gasteiger partial charge is 0.324 e. The van der Waals surface area contributed by atoms with Crippen molar-refractivity contribution < 1.29 is 0 Å². The Morgan fingerprint density at radius 2 is 2.50 bits per heavy atom. The third-order valence-corrected chi connectivity index (χ3v) is 3.23. The Labute approximate surface area is 68.8 Å². The molecule has 0 fully saturated rings. The minimum Gasteiger partial charge on any atom is -0.324 e. The molecule has 0 aliphatic heterocycles. The summed E-state index contributed by atoms with van der Waals surface area (Å²) in [5.74, 6) is 0. The molecule has 0 spiro atoms. The van der Waals surface area contributed by atoms with Crippen LogP contribution in [-0.4, -0.2) is 0 Å². The zero-order chi connectivity index (χ0) is 7.14. The fourth-order valence-corrected chi connectivity index (χ4v) is 2.73. The van der Waals surface area contributed by atoms with Gasteiger partial charge < -0.3 is 5.73 Å². The maximum absolute atomic E-state index is 5.81. The summed E-state index contributed by atoms with van der Waals surface area (Å²) < 4.78 is 0.875. The monoisotopic (exact) mass is 173 g/mol. The van der Waals surface area contributed by atoms with E-state index < -0.39 is 0 Å². The van der Waals surface area contributed by atoms with Gasteiger partial charge in [-0.3, -0.25) is 0 Å². The van der Waals surface area contributed by atoms with Gasteiger partial charge in [0.25, 0.3) is 0 Å². The topological polar surface area (TPSA) is 26.0 Å². The van der Waals surface area contributed by atoms with E-state index in [1.54, 1.807) is 11.3 Å². The Bertz CT molecular complexity index is 256. The van der Waals surface area contributed by atoms with Crippen LogP contribution in [0, 0.1) is 0 Å². The lowest BCUT2D eigenvalue weighted by Gasteiger charge is -1.97. The predicted octanol–water partition coefficient (Wildman–Crippen LogP) is 2.35. The lowest BCUT2D eigenvalue weighted by Crippen LogP contribution is -2.03. The highest BCUT2D eigenvalue weighted by atomic mass is 35.5. The minimum absolute atomic E-state index is 0.249. The SMILES string of the molecule is N[C@H]1CCc2sc(Cl)cc21. The molecule has 1 atom stereocenters. The quantitative estimate of drug-likeness (QED) is 0.641. The first kappa shape index (κ1) is 6.65. The zero-order valence-electron chi connectivity index (χ0n) is 5.43. The molecule has 1 aromatic rings. The highest BCUT2D eigenvalue weighted by Gasteiger charge is 2.21. The van der Waals surface area contributed by atoms with Crippen LogP contribution in [0.3, 0.4) is 0 Å². The van der Waals surface area contributed by atoms with E-state index in [-0.39, 0.29) is 6.04 Å². The van der Waals surface area contributed by atoms with Crippen molar-refractivity contribution in [3.63, 3.8) is 0 Å². The maximum Gasteiger partial charge on any atom is 0.0934 e. The number of nitrogens with two attached hydrogens (primary N) is 1. The average molecular weight is 174 g/mol. The summed E-state index contributed by atoms with van der Waals surface area (Å²) >= 11 is 7.47. The first-order valence-corrected chi connectivity index (χ1v) is 4.50. The van der Waals surface area contributed by atoms with Crippen molar-refractivity contribution in [2.24, 2.45) is 5.73 Å². The molecule has 54 valence electrons. The van der Waals surface area contributed by atoms with Gasteiger partial charge in [0.2, 0.25) is 0 Å². The van der Waals surface area contributed by atoms with Crippen molar-refractivity contribution in [3.8, 4) is 0 Å². The van der Waals surface area contributed by atoms with Crippen LogP contribution in [0.1, 0.15) is 22.9 Å². The maximum atomic E-state index is 5.81. The van der Waals surface area contributed by atoms with Crippen LogP contribution in [0.2, 0.25) is 4.34 Å². The van der Waals surface area contributed by atoms with Crippen LogP contribution in [0.15, 0.2) is 6.07 Å². The van der Waals surface area contributed by atoms with Crippen LogP contribution in [0.5, 0.6) is 0 Å². The molecule has 2 N–H and O–H groups in total. The Morgan fingerprint density at radius 1 is 1.70 bits per heavy atom. The van der Waals surface area contributed by atoms with Crippen LogP contribution >= 0.6 is 22.9 Å². The Kier molecular flexibility index (Phi) is 1.48. The third-order valence-electron chi connectivity index (χ3n) is 1.89. The Morgan fingerprint density at radius 3 is 3.20 bits per heavy atom. The van der Waals surface area contributed by atoms with Gasteiger partial charge >= 0.3 is 0 Å². The van der Waals surface area contributed by atoms with Gasteiger partial charge in [0.05, 0.1) is 4.34 Å². The van der Waals surface area contributed by atoms with Gasteiger partial charge in [-0.15, -0.1) is 11.3 Å². The van der Waals surface area contributed by atoms with E-state index in [0.29, 0.717) is 0 Å². The number of aryl methyl sites for hydroxylation is 1. The smallest absolute Gasteiger partial charge is 0.0934 e. The summed E-state index contributed by atoms with van der Waals surface area (Å²) in [6, 6.07) is 2.25. The van der Waals surface area contributed by atoms with Crippen molar-refractivity contribution in [2.45, 2.75) is 18.9 Å². The molecule has 0 amide bonds. The molecule has 3 heteroatoms. The van der Waals surface area contributed by atoms with E-state index in [4.69, 9.17) is 17.3 Å². The van der Waals surface area contributed by atoms with Gasteiger partial charge in [0, 0.05) is 10.9 Å². The lowest BCUT2D eigenvalue weighted by atomic mass is 10.2. The number of halogens is 1. The van der Waals surface area contributed by atoms with E-state index in [0.717, 1.165) is 17.2 Å². The summed E-state index contributed by atoms with van der Waals surface area (Å²) in [4.78, 5) is 1.39. The lowest BCUT2D eigenvalue weighted by molar-refractivity contribution is 0.713.